The number of methoxy groups -OCH3 is 1. The number of urea groups is 1. The van der Waals surface area contributed by atoms with Crippen molar-refractivity contribution < 1.29 is 28.5 Å². The first-order chi connectivity index (χ1) is 21.9. The Morgan fingerprint density at radius 3 is 2.33 bits per heavy atom. The number of rotatable bonds is 9. The van der Waals surface area contributed by atoms with Gasteiger partial charge in [0.1, 0.15) is 12.4 Å². The van der Waals surface area contributed by atoms with Crippen molar-refractivity contribution in [2.24, 2.45) is 0 Å². The molecule has 5 rings (SSSR count). The zero-order valence-electron chi connectivity index (χ0n) is 26.5. The van der Waals surface area contributed by atoms with Crippen molar-refractivity contribution in [2.75, 3.05) is 95.4 Å². The van der Waals surface area contributed by atoms with Gasteiger partial charge in [-0.25, -0.2) is 9.78 Å². The van der Waals surface area contributed by atoms with Crippen LogP contribution in [0.2, 0.25) is 5.02 Å². The number of morpholine rings is 2. The van der Waals surface area contributed by atoms with Crippen molar-refractivity contribution in [1.29, 1.82) is 0 Å². The van der Waals surface area contributed by atoms with Crippen molar-refractivity contribution in [3.05, 3.63) is 40.4 Å². The maximum atomic E-state index is 13.3. The highest BCUT2D eigenvalue weighted by Gasteiger charge is 2.23. The van der Waals surface area contributed by atoms with Crippen LogP contribution in [0.5, 0.6) is 11.5 Å². The largest absolute Gasteiger partial charge is 0.493 e. The molecule has 0 saturated carbocycles. The normalized spacial score (nSPS) is 15.1. The topological polar surface area (TPSA) is 139 Å². The zero-order chi connectivity index (χ0) is 32.3. The first-order valence-electron chi connectivity index (χ1n) is 15.1. The van der Waals surface area contributed by atoms with Crippen LogP contribution in [-0.2, 0) is 9.47 Å². The molecule has 0 unspecified atom stereocenters. The van der Waals surface area contributed by atoms with Gasteiger partial charge in [-0.1, -0.05) is 25.4 Å². The minimum Gasteiger partial charge on any atom is -0.493 e. The van der Waals surface area contributed by atoms with E-state index < -0.39 is 6.03 Å². The molecule has 0 aliphatic carbocycles. The van der Waals surface area contributed by atoms with Crippen LogP contribution in [0.3, 0.4) is 0 Å². The molecule has 13 nitrogen and oxygen atoms in total. The number of anilines is 3. The summed E-state index contributed by atoms with van der Waals surface area (Å²) in [4.78, 5) is 39.4. The van der Waals surface area contributed by atoms with Crippen molar-refractivity contribution in [2.45, 2.75) is 20.8 Å². The van der Waals surface area contributed by atoms with Crippen LogP contribution in [0.25, 0.3) is 10.9 Å². The Morgan fingerprint density at radius 2 is 1.67 bits per heavy atom. The second-order valence-electron chi connectivity index (χ2n) is 10.1. The monoisotopic (exact) mass is 643 g/mol. The molecule has 3 heterocycles. The predicted octanol–water partition coefficient (Wildman–Crippen LogP) is 4.18. The zero-order valence-corrected chi connectivity index (χ0v) is 27.3. The fourth-order valence-electron chi connectivity index (χ4n) is 5.05. The summed E-state index contributed by atoms with van der Waals surface area (Å²) in [6.45, 7) is 12.5. The predicted molar refractivity (Wildman–Crippen MR) is 175 cm³/mol. The molecule has 0 spiro atoms. The van der Waals surface area contributed by atoms with E-state index in [1.54, 1.807) is 19.2 Å². The van der Waals surface area contributed by atoms with Gasteiger partial charge in [0.2, 0.25) is 5.95 Å². The second kappa shape index (κ2) is 16.4. The van der Waals surface area contributed by atoms with E-state index in [2.05, 4.69) is 20.9 Å². The number of hydrogen-bond acceptors (Lipinski definition) is 10. The SMILES string of the molecule is CC.CNC(=O)c1cc(Cl)cc(NC(=O)Nc2nc(N3CCOCC3)nc3c(C)c(OC)c(OCCN4CCOCC4)cc23)c1. The summed E-state index contributed by atoms with van der Waals surface area (Å²) in [5.41, 5.74) is 2.04. The molecular formula is C31H42ClN7O6. The molecule has 2 aliphatic heterocycles. The molecule has 2 saturated heterocycles. The molecule has 0 bridgehead atoms. The number of aryl methyl sites for hydroxylation is 1. The molecule has 2 fully saturated rings. The van der Waals surface area contributed by atoms with Crippen molar-refractivity contribution >= 4 is 51.9 Å². The van der Waals surface area contributed by atoms with Crippen molar-refractivity contribution in [3.8, 4) is 11.5 Å². The van der Waals surface area contributed by atoms with E-state index >= 15 is 0 Å². The molecule has 2 aliphatic rings. The number of carbonyl (C=O) groups excluding carboxylic acids is 2. The van der Waals surface area contributed by atoms with Crippen LogP contribution in [0.4, 0.5) is 22.2 Å². The molecule has 2 aromatic carbocycles. The van der Waals surface area contributed by atoms with E-state index in [0.29, 0.717) is 96.6 Å². The Balaban J connectivity index is 0.00000226. The van der Waals surface area contributed by atoms with Crippen molar-refractivity contribution in [3.63, 3.8) is 0 Å². The Labute approximate surface area is 268 Å². The van der Waals surface area contributed by atoms with E-state index in [1.807, 2.05) is 25.7 Å². The third-order valence-corrected chi connectivity index (χ3v) is 7.49. The summed E-state index contributed by atoms with van der Waals surface area (Å²) < 4.78 is 22.9. The quantitative estimate of drug-likeness (QED) is 0.311. The summed E-state index contributed by atoms with van der Waals surface area (Å²) >= 11 is 6.21. The summed E-state index contributed by atoms with van der Waals surface area (Å²) in [5.74, 6) is 1.52. The highest BCUT2D eigenvalue weighted by atomic mass is 35.5. The number of ether oxygens (including phenoxy) is 4. The van der Waals surface area contributed by atoms with Crippen LogP contribution in [-0.4, -0.2) is 107 Å². The van der Waals surface area contributed by atoms with E-state index in [4.69, 9.17) is 40.5 Å². The van der Waals surface area contributed by atoms with Crippen LogP contribution in [0.1, 0.15) is 29.8 Å². The third kappa shape index (κ3) is 8.63. The number of nitrogens with zero attached hydrogens (tertiary/aromatic N) is 4. The van der Waals surface area contributed by atoms with Crippen molar-refractivity contribution in [1.82, 2.24) is 20.2 Å². The highest BCUT2D eigenvalue weighted by molar-refractivity contribution is 6.31. The maximum Gasteiger partial charge on any atom is 0.324 e. The Kier molecular flexibility index (Phi) is 12.4. The van der Waals surface area contributed by atoms with Gasteiger partial charge in [0.15, 0.2) is 11.5 Å². The number of halogens is 1. The molecule has 3 N–H and O–H groups in total. The van der Waals surface area contributed by atoms with Gasteiger partial charge in [-0.05, 0) is 31.2 Å². The Bertz CT molecular complexity index is 1480. The Morgan fingerprint density at radius 1 is 0.978 bits per heavy atom. The number of benzene rings is 2. The molecule has 3 aromatic rings. The van der Waals surface area contributed by atoms with E-state index in [9.17, 15) is 9.59 Å². The molecule has 14 heteroatoms. The van der Waals surface area contributed by atoms with Gasteiger partial charge in [-0.15, -0.1) is 0 Å². The summed E-state index contributed by atoms with van der Waals surface area (Å²) in [5, 5.41) is 9.08. The van der Waals surface area contributed by atoms with E-state index in [-0.39, 0.29) is 5.91 Å². The lowest BCUT2D eigenvalue weighted by Gasteiger charge is -2.28. The lowest BCUT2D eigenvalue weighted by atomic mass is 10.1. The van der Waals surface area contributed by atoms with Gasteiger partial charge in [0.25, 0.3) is 5.91 Å². The Hall–Kier alpha value is -3.91. The maximum absolute atomic E-state index is 13.3. The summed E-state index contributed by atoms with van der Waals surface area (Å²) in [7, 11) is 3.12. The molecule has 0 radical (unpaired) electrons. The summed E-state index contributed by atoms with van der Waals surface area (Å²) in [6, 6.07) is 5.84. The van der Waals surface area contributed by atoms with Crippen LogP contribution in [0, 0.1) is 6.92 Å². The lowest BCUT2D eigenvalue weighted by Crippen LogP contribution is -2.38. The molecule has 3 amide bonds. The minimum atomic E-state index is -0.568. The fourth-order valence-corrected chi connectivity index (χ4v) is 5.28. The first-order valence-corrected chi connectivity index (χ1v) is 15.5. The highest BCUT2D eigenvalue weighted by Crippen LogP contribution is 2.39. The van der Waals surface area contributed by atoms with E-state index in [0.717, 1.165) is 25.2 Å². The molecule has 45 heavy (non-hydrogen) atoms. The number of carbonyl (C=O) groups is 2. The number of nitrogens with one attached hydrogen (secondary N) is 3. The molecule has 0 atom stereocenters. The third-order valence-electron chi connectivity index (χ3n) is 7.27. The first kappa shape index (κ1) is 34.0. The van der Waals surface area contributed by atoms with E-state index in [1.165, 1.54) is 19.2 Å². The minimum absolute atomic E-state index is 0.293. The number of hydrogen-bond donors (Lipinski definition) is 3. The number of fused-ring (bicyclic) bond motifs is 1. The average Bonchev–Trinajstić information content (AvgIpc) is 3.06. The van der Waals surface area contributed by atoms with Crippen LogP contribution < -0.4 is 30.3 Å². The summed E-state index contributed by atoms with van der Waals surface area (Å²) in [6.07, 6.45) is 0. The smallest absolute Gasteiger partial charge is 0.324 e. The molecular weight excluding hydrogens is 602 g/mol. The van der Waals surface area contributed by atoms with Gasteiger partial charge in [-0.3, -0.25) is 15.0 Å². The van der Waals surface area contributed by atoms with Gasteiger partial charge in [0, 0.05) is 67.0 Å². The second-order valence-corrected chi connectivity index (χ2v) is 10.5. The molecule has 244 valence electrons. The van der Waals surface area contributed by atoms with Crippen LogP contribution >= 0.6 is 11.6 Å². The number of amides is 3. The van der Waals surface area contributed by atoms with Crippen LogP contribution in [0.15, 0.2) is 24.3 Å². The standard InChI is InChI=1S/C29H36ClN7O6.C2H6/c1-18-24-22(17-23(25(18)40-3)43-13-6-36-4-9-41-10-5-36)26(34-28(33-24)37-7-11-42-12-8-37)35-29(39)32-21-15-19(27(38)31-2)14-20(30)16-21;1-2/h14-17H,4-13H2,1-3H3,(H,31,38)(H2,32,33,34,35,39);1-2H3. The van der Waals surface area contributed by atoms with Gasteiger partial charge in [-0.2, -0.15) is 4.98 Å². The van der Waals surface area contributed by atoms with Gasteiger partial charge in [0.05, 0.1) is 39.1 Å². The van der Waals surface area contributed by atoms with Gasteiger partial charge < -0.3 is 34.5 Å². The average molecular weight is 644 g/mol. The number of aromatic nitrogens is 2. The molecule has 1 aromatic heterocycles. The fraction of sp³-hybridized carbons (Fsp3) is 0.484. The lowest BCUT2D eigenvalue weighted by molar-refractivity contribution is 0.0321. The van der Waals surface area contributed by atoms with Gasteiger partial charge >= 0.3 is 6.03 Å².